The summed E-state index contributed by atoms with van der Waals surface area (Å²) in [7, 11) is 0. The van der Waals surface area contributed by atoms with Gasteiger partial charge in [0, 0.05) is 25.7 Å². The Hall–Kier alpha value is -1.10. The minimum Gasteiger partial charge on any atom is -0.311 e. The molecule has 0 aromatic rings. The number of likely N-dealkylation sites (N-methyl/N-ethyl adjacent to an activating group) is 1. The van der Waals surface area contributed by atoms with Crippen LogP contribution in [-0.2, 0) is 0 Å². The van der Waals surface area contributed by atoms with Gasteiger partial charge in [-0.05, 0) is 26.2 Å². The zero-order valence-corrected chi connectivity index (χ0v) is 9.62. The van der Waals surface area contributed by atoms with Gasteiger partial charge in [0.15, 0.2) is 0 Å². The van der Waals surface area contributed by atoms with Gasteiger partial charge in [0.25, 0.3) is 0 Å². The number of carbonyl (C=O) groups is 1. The fraction of sp³-hybridized carbons (Fsp3) is 0.818. The highest BCUT2D eigenvalue weighted by Gasteiger charge is 2.54. The van der Waals surface area contributed by atoms with E-state index in [1.807, 2.05) is 11.8 Å². The second-order valence-electron chi connectivity index (χ2n) is 5.03. The molecule has 5 heteroatoms. The zero-order chi connectivity index (χ0) is 11.3. The molecule has 5 nitrogen and oxygen atoms in total. The van der Waals surface area contributed by atoms with Gasteiger partial charge in [0.05, 0.1) is 0 Å². The van der Waals surface area contributed by atoms with Crippen molar-refractivity contribution < 1.29 is 4.79 Å². The molecule has 0 aromatic carbocycles. The lowest BCUT2D eigenvalue weighted by Crippen LogP contribution is -2.51. The van der Waals surface area contributed by atoms with E-state index in [0.29, 0.717) is 12.4 Å². The average Bonchev–Trinajstić information content (AvgIpc) is 2.96. The van der Waals surface area contributed by atoms with Crippen molar-refractivity contribution in [2.24, 2.45) is 0 Å². The molecular weight excluding hydrogens is 204 g/mol. The van der Waals surface area contributed by atoms with Crippen molar-refractivity contribution in [3.63, 3.8) is 0 Å². The van der Waals surface area contributed by atoms with Gasteiger partial charge in [-0.1, -0.05) is 0 Å². The first kappa shape index (κ1) is 10.1. The Morgan fingerprint density at radius 2 is 2.31 bits per heavy atom. The lowest BCUT2D eigenvalue weighted by molar-refractivity contribution is 0.175. The number of carbonyl (C=O) groups excluding carboxylic acids is 1. The lowest BCUT2D eigenvalue weighted by atomic mass is 9.96. The molecule has 1 atom stereocenters. The lowest BCUT2D eigenvalue weighted by Gasteiger charge is -2.32. The molecule has 1 spiro atoms. The first-order valence-corrected chi connectivity index (χ1v) is 6.09. The Labute approximate surface area is 95.3 Å². The Kier molecular flexibility index (Phi) is 2.01. The number of amidine groups is 1. The molecule has 3 aliphatic rings. The molecule has 1 aliphatic carbocycles. The number of likely N-dealkylation sites (tertiary alicyclic amines) is 1. The quantitative estimate of drug-likeness (QED) is 0.719. The van der Waals surface area contributed by atoms with E-state index < -0.39 is 0 Å². The summed E-state index contributed by atoms with van der Waals surface area (Å²) in [4.78, 5) is 16.0. The number of hydrogen-bond donors (Lipinski definition) is 2. The maximum absolute atomic E-state index is 11.7. The maximum atomic E-state index is 11.7. The molecule has 1 unspecified atom stereocenters. The highest BCUT2D eigenvalue weighted by atomic mass is 16.2. The summed E-state index contributed by atoms with van der Waals surface area (Å²) < 4.78 is 0. The van der Waals surface area contributed by atoms with E-state index in [2.05, 4.69) is 10.2 Å². The van der Waals surface area contributed by atoms with Crippen LogP contribution >= 0.6 is 0 Å². The van der Waals surface area contributed by atoms with E-state index in [0.717, 1.165) is 25.6 Å². The normalized spacial score (nSPS) is 35.2. The summed E-state index contributed by atoms with van der Waals surface area (Å²) in [5.74, 6) is 0.405. The molecule has 88 valence electrons. The van der Waals surface area contributed by atoms with Crippen LogP contribution in [0.3, 0.4) is 0 Å². The van der Waals surface area contributed by atoms with Crippen LogP contribution in [-0.4, -0.2) is 52.9 Å². The van der Waals surface area contributed by atoms with Crippen LogP contribution in [0.2, 0.25) is 0 Å². The third kappa shape index (κ3) is 1.21. The smallest absolute Gasteiger partial charge is 0.311 e. The van der Waals surface area contributed by atoms with Crippen LogP contribution < -0.4 is 5.32 Å². The molecule has 16 heavy (non-hydrogen) atoms. The van der Waals surface area contributed by atoms with Gasteiger partial charge in [-0.15, -0.1) is 0 Å². The van der Waals surface area contributed by atoms with Gasteiger partial charge >= 0.3 is 6.03 Å². The summed E-state index contributed by atoms with van der Waals surface area (Å²) in [6.07, 6.45) is 3.49. The van der Waals surface area contributed by atoms with Crippen LogP contribution in [0.25, 0.3) is 0 Å². The molecule has 1 saturated carbocycles. The van der Waals surface area contributed by atoms with Crippen molar-refractivity contribution in [2.75, 3.05) is 19.6 Å². The van der Waals surface area contributed by atoms with E-state index in [1.54, 1.807) is 0 Å². The monoisotopic (exact) mass is 222 g/mol. The van der Waals surface area contributed by atoms with Gasteiger partial charge in [-0.2, -0.15) is 0 Å². The molecule has 2 heterocycles. The zero-order valence-electron chi connectivity index (χ0n) is 9.62. The Balaban J connectivity index is 1.85. The van der Waals surface area contributed by atoms with Crippen molar-refractivity contribution in [2.45, 2.75) is 37.8 Å². The predicted molar refractivity (Wildman–Crippen MR) is 60.6 cm³/mol. The summed E-state index contributed by atoms with van der Waals surface area (Å²) in [5.41, 5.74) is -0.339. The third-order valence-electron chi connectivity index (χ3n) is 4.12. The van der Waals surface area contributed by atoms with Crippen LogP contribution in [0.1, 0.15) is 26.2 Å². The molecule has 0 radical (unpaired) electrons. The van der Waals surface area contributed by atoms with Gasteiger partial charge < -0.3 is 4.90 Å². The van der Waals surface area contributed by atoms with Crippen molar-refractivity contribution in [1.82, 2.24) is 15.1 Å². The van der Waals surface area contributed by atoms with Crippen molar-refractivity contribution in [3.8, 4) is 0 Å². The predicted octanol–water partition coefficient (Wildman–Crippen LogP) is 0.616. The molecule has 0 bridgehead atoms. The van der Waals surface area contributed by atoms with E-state index in [1.165, 1.54) is 12.8 Å². The van der Waals surface area contributed by atoms with Crippen LogP contribution in [0.5, 0.6) is 0 Å². The van der Waals surface area contributed by atoms with E-state index >= 15 is 0 Å². The van der Waals surface area contributed by atoms with Gasteiger partial charge in [0.2, 0.25) is 0 Å². The maximum Gasteiger partial charge on any atom is 0.323 e. The Bertz CT molecular complexity index is 352. The Morgan fingerprint density at radius 3 is 2.94 bits per heavy atom. The number of nitrogens with zero attached hydrogens (tertiary/aromatic N) is 2. The van der Waals surface area contributed by atoms with E-state index in [9.17, 15) is 4.79 Å². The fourth-order valence-electron chi connectivity index (χ4n) is 3.06. The summed E-state index contributed by atoms with van der Waals surface area (Å²) in [6.45, 7) is 4.55. The second kappa shape index (κ2) is 3.20. The number of amides is 2. The number of hydrogen-bond acceptors (Lipinski definition) is 3. The molecule has 2 saturated heterocycles. The molecule has 3 rings (SSSR count). The van der Waals surface area contributed by atoms with Gasteiger partial charge in [0.1, 0.15) is 11.4 Å². The van der Waals surface area contributed by atoms with Crippen molar-refractivity contribution in [3.05, 3.63) is 0 Å². The average molecular weight is 222 g/mol. The minimum absolute atomic E-state index is 0.0925. The topological polar surface area (TPSA) is 59.4 Å². The first-order chi connectivity index (χ1) is 7.67. The molecule has 0 aromatic heterocycles. The number of urea groups is 1. The summed E-state index contributed by atoms with van der Waals surface area (Å²) in [6, 6.07) is 0.631. The minimum atomic E-state index is -0.339. The molecular formula is C11H18N4O. The summed E-state index contributed by atoms with van der Waals surface area (Å²) in [5, 5.41) is 10.7. The van der Waals surface area contributed by atoms with Crippen molar-refractivity contribution >= 4 is 11.9 Å². The second-order valence-corrected chi connectivity index (χ2v) is 5.03. The molecule has 3 fully saturated rings. The highest BCUT2D eigenvalue weighted by molar-refractivity contribution is 6.08. The van der Waals surface area contributed by atoms with E-state index in [4.69, 9.17) is 5.41 Å². The molecule has 2 N–H and O–H groups in total. The third-order valence-corrected chi connectivity index (χ3v) is 4.12. The van der Waals surface area contributed by atoms with Gasteiger partial charge in [-0.25, -0.2) is 4.79 Å². The Morgan fingerprint density at radius 1 is 1.56 bits per heavy atom. The van der Waals surface area contributed by atoms with Crippen LogP contribution in [0, 0.1) is 5.41 Å². The van der Waals surface area contributed by atoms with Crippen LogP contribution in [0.4, 0.5) is 4.79 Å². The molecule has 2 aliphatic heterocycles. The first-order valence-electron chi connectivity index (χ1n) is 6.09. The van der Waals surface area contributed by atoms with E-state index in [-0.39, 0.29) is 11.6 Å². The van der Waals surface area contributed by atoms with Gasteiger partial charge in [-0.3, -0.25) is 15.6 Å². The van der Waals surface area contributed by atoms with Crippen LogP contribution in [0.15, 0.2) is 0 Å². The largest absolute Gasteiger partial charge is 0.323 e. The van der Waals surface area contributed by atoms with Crippen molar-refractivity contribution in [1.29, 1.82) is 5.41 Å². The number of rotatable bonds is 2. The fourth-order valence-corrected chi connectivity index (χ4v) is 3.06. The highest BCUT2D eigenvalue weighted by Crippen LogP contribution is 2.38. The molecule has 2 amide bonds. The summed E-state index contributed by atoms with van der Waals surface area (Å²) >= 11 is 0. The standard InChI is InChI=1S/C11H18N4O/c1-2-15-10(16)13-9(12)11(15)5-6-14(7-11)8-3-4-8/h8H,2-7H2,1H3,(H2,12,13,16). The SMILES string of the molecule is CCN1C(=O)NC(=N)C12CCN(C1CC1)C2. The number of nitrogens with one attached hydrogen (secondary N) is 2.